The van der Waals surface area contributed by atoms with Crippen molar-refractivity contribution in [1.82, 2.24) is 9.97 Å². The fraction of sp³-hybridized carbons (Fsp3) is 0.500. The van der Waals surface area contributed by atoms with Gasteiger partial charge >= 0.3 is 0 Å². The largest absolute Gasteiger partial charge is 0.478 e. The van der Waals surface area contributed by atoms with Gasteiger partial charge < -0.3 is 4.74 Å². The van der Waals surface area contributed by atoms with Crippen LogP contribution >= 0.6 is 0 Å². The molecule has 0 unspecified atom stereocenters. The topological polar surface area (TPSA) is 35.0 Å². The molecule has 0 fully saturated rings. The van der Waals surface area contributed by atoms with Crippen molar-refractivity contribution in [2.24, 2.45) is 0 Å². The Balaban J connectivity index is 2.56. The molecule has 0 atom stereocenters. The summed E-state index contributed by atoms with van der Waals surface area (Å²) in [5.41, 5.74) is 0. The van der Waals surface area contributed by atoms with Crippen LogP contribution in [0.2, 0.25) is 0 Å². The van der Waals surface area contributed by atoms with Crippen LogP contribution in [0.4, 0.5) is 0 Å². The molecule has 0 saturated heterocycles. The minimum Gasteiger partial charge on any atom is -0.478 e. The molecule has 1 rings (SSSR count). The molecule has 11 heavy (non-hydrogen) atoms. The summed E-state index contributed by atoms with van der Waals surface area (Å²) < 4.78 is 5.28. The summed E-state index contributed by atoms with van der Waals surface area (Å²) >= 11 is 0. The van der Waals surface area contributed by atoms with E-state index in [1.54, 1.807) is 12.3 Å². The van der Waals surface area contributed by atoms with Gasteiger partial charge in [0.2, 0.25) is 5.88 Å². The van der Waals surface area contributed by atoms with E-state index in [9.17, 15) is 0 Å². The predicted molar refractivity (Wildman–Crippen MR) is 42.6 cm³/mol. The molecule has 0 radical (unpaired) electrons. The molecule has 60 valence electrons. The fourth-order valence-electron chi connectivity index (χ4n) is 0.722. The van der Waals surface area contributed by atoms with Crippen LogP contribution in [0.15, 0.2) is 12.3 Å². The van der Waals surface area contributed by atoms with Crippen LogP contribution in [-0.2, 0) is 0 Å². The van der Waals surface area contributed by atoms with Gasteiger partial charge in [-0.2, -0.15) is 4.98 Å². The van der Waals surface area contributed by atoms with E-state index in [0.717, 1.165) is 18.9 Å². The van der Waals surface area contributed by atoms with Crippen LogP contribution in [0.1, 0.15) is 19.2 Å². The lowest BCUT2D eigenvalue weighted by molar-refractivity contribution is 0.304. The Kier molecular flexibility index (Phi) is 2.83. The predicted octanol–water partition coefficient (Wildman–Crippen LogP) is 1.57. The third kappa shape index (κ3) is 2.53. The van der Waals surface area contributed by atoms with Crippen molar-refractivity contribution in [2.45, 2.75) is 20.3 Å². The van der Waals surface area contributed by atoms with E-state index >= 15 is 0 Å². The van der Waals surface area contributed by atoms with Crippen LogP contribution in [-0.4, -0.2) is 16.6 Å². The molecule has 0 saturated carbocycles. The SMILES string of the molecule is CCCOc1ccnc(C)n1. The highest BCUT2D eigenvalue weighted by Crippen LogP contribution is 2.03. The standard InChI is InChI=1S/C8H12N2O/c1-3-6-11-8-4-5-9-7(2)10-8/h4-5H,3,6H2,1-2H3. The van der Waals surface area contributed by atoms with E-state index in [4.69, 9.17) is 4.74 Å². The Labute approximate surface area is 66.4 Å². The molecule has 3 heteroatoms. The highest BCUT2D eigenvalue weighted by Gasteiger charge is 1.93. The molecule has 0 aliphatic rings. The van der Waals surface area contributed by atoms with E-state index in [1.807, 2.05) is 6.92 Å². The number of ether oxygens (including phenoxy) is 1. The molecule has 1 heterocycles. The zero-order valence-electron chi connectivity index (χ0n) is 6.87. The van der Waals surface area contributed by atoms with E-state index < -0.39 is 0 Å². The zero-order valence-corrected chi connectivity index (χ0v) is 6.87. The average Bonchev–Trinajstić information content (AvgIpc) is 2.01. The zero-order chi connectivity index (χ0) is 8.10. The number of aromatic nitrogens is 2. The maximum absolute atomic E-state index is 5.28. The van der Waals surface area contributed by atoms with Crippen molar-refractivity contribution in [2.75, 3.05) is 6.61 Å². The summed E-state index contributed by atoms with van der Waals surface area (Å²) in [6.07, 6.45) is 2.70. The highest BCUT2D eigenvalue weighted by atomic mass is 16.5. The first-order valence-electron chi connectivity index (χ1n) is 3.75. The molecule has 0 bridgehead atoms. The van der Waals surface area contributed by atoms with Crippen molar-refractivity contribution < 1.29 is 4.74 Å². The molecular formula is C8H12N2O. The summed E-state index contributed by atoms with van der Waals surface area (Å²) in [5, 5.41) is 0. The van der Waals surface area contributed by atoms with Crippen LogP contribution < -0.4 is 4.74 Å². The molecular weight excluding hydrogens is 140 g/mol. The van der Waals surface area contributed by atoms with Gasteiger partial charge in [0, 0.05) is 12.3 Å². The van der Waals surface area contributed by atoms with Gasteiger partial charge in [-0.3, -0.25) is 0 Å². The minimum absolute atomic E-state index is 0.666. The summed E-state index contributed by atoms with van der Waals surface area (Å²) in [6, 6.07) is 1.77. The average molecular weight is 152 g/mol. The van der Waals surface area contributed by atoms with Gasteiger partial charge in [0.25, 0.3) is 0 Å². The van der Waals surface area contributed by atoms with Gasteiger partial charge in [-0.25, -0.2) is 4.98 Å². The first-order chi connectivity index (χ1) is 5.33. The normalized spacial score (nSPS) is 9.64. The fourth-order valence-corrected chi connectivity index (χ4v) is 0.722. The van der Waals surface area contributed by atoms with Gasteiger partial charge in [-0.1, -0.05) is 6.92 Å². The maximum Gasteiger partial charge on any atom is 0.216 e. The van der Waals surface area contributed by atoms with Crippen molar-refractivity contribution >= 4 is 0 Å². The lowest BCUT2D eigenvalue weighted by Crippen LogP contribution is -1.98. The van der Waals surface area contributed by atoms with Gasteiger partial charge in [0.1, 0.15) is 5.82 Å². The number of rotatable bonds is 3. The second-order valence-corrected chi connectivity index (χ2v) is 2.29. The summed E-state index contributed by atoms with van der Waals surface area (Å²) in [7, 11) is 0. The molecule has 0 spiro atoms. The third-order valence-corrected chi connectivity index (χ3v) is 1.20. The molecule has 0 aromatic carbocycles. The number of aryl methyl sites for hydroxylation is 1. The van der Waals surface area contributed by atoms with Crippen LogP contribution in [0.3, 0.4) is 0 Å². The molecule has 0 amide bonds. The Morgan fingerprint density at radius 2 is 2.36 bits per heavy atom. The van der Waals surface area contributed by atoms with Crippen molar-refractivity contribution in [1.29, 1.82) is 0 Å². The summed E-state index contributed by atoms with van der Waals surface area (Å²) in [5.74, 6) is 1.41. The lowest BCUT2D eigenvalue weighted by atomic mass is 10.5. The monoisotopic (exact) mass is 152 g/mol. The van der Waals surface area contributed by atoms with Crippen molar-refractivity contribution in [3.8, 4) is 5.88 Å². The number of nitrogens with zero attached hydrogens (tertiary/aromatic N) is 2. The highest BCUT2D eigenvalue weighted by molar-refractivity contribution is 5.07. The van der Waals surface area contributed by atoms with E-state index in [1.165, 1.54) is 0 Å². The first-order valence-corrected chi connectivity index (χ1v) is 3.75. The second-order valence-electron chi connectivity index (χ2n) is 2.29. The van der Waals surface area contributed by atoms with Gasteiger partial charge in [0.15, 0.2) is 0 Å². The molecule has 3 nitrogen and oxygen atoms in total. The molecule has 0 N–H and O–H groups in total. The molecule has 1 aromatic heterocycles. The summed E-state index contributed by atoms with van der Waals surface area (Å²) in [6.45, 7) is 4.63. The van der Waals surface area contributed by atoms with Crippen LogP contribution in [0.5, 0.6) is 5.88 Å². The van der Waals surface area contributed by atoms with Crippen molar-refractivity contribution in [3.05, 3.63) is 18.1 Å². The van der Waals surface area contributed by atoms with E-state index in [0.29, 0.717) is 5.88 Å². The number of hydrogen-bond donors (Lipinski definition) is 0. The number of hydrogen-bond acceptors (Lipinski definition) is 3. The Morgan fingerprint density at radius 1 is 1.55 bits per heavy atom. The van der Waals surface area contributed by atoms with Crippen molar-refractivity contribution in [3.63, 3.8) is 0 Å². The van der Waals surface area contributed by atoms with E-state index in [2.05, 4.69) is 16.9 Å². The Morgan fingerprint density at radius 3 is 3.00 bits per heavy atom. The van der Waals surface area contributed by atoms with Gasteiger partial charge in [-0.05, 0) is 13.3 Å². The van der Waals surface area contributed by atoms with Gasteiger partial charge in [-0.15, -0.1) is 0 Å². The first kappa shape index (κ1) is 7.98. The minimum atomic E-state index is 0.666. The van der Waals surface area contributed by atoms with Crippen LogP contribution in [0, 0.1) is 6.92 Å². The molecule has 0 aliphatic heterocycles. The summed E-state index contributed by atoms with van der Waals surface area (Å²) in [4.78, 5) is 8.03. The third-order valence-electron chi connectivity index (χ3n) is 1.20. The maximum atomic E-state index is 5.28. The van der Waals surface area contributed by atoms with Gasteiger partial charge in [0.05, 0.1) is 6.61 Å². The second kappa shape index (κ2) is 3.91. The molecule has 0 aliphatic carbocycles. The quantitative estimate of drug-likeness (QED) is 0.659. The molecule has 1 aromatic rings. The smallest absolute Gasteiger partial charge is 0.216 e. The Hall–Kier alpha value is -1.12. The Bertz CT molecular complexity index is 225. The van der Waals surface area contributed by atoms with E-state index in [-0.39, 0.29) is 0 Å². The lowest BCUT2D eigenvalue weighted by Gasteiger charge is -2.01. The van der Waals surface area contributed by atoms with Crippen LogP contribution in [0.25, 0.3) is 0 Å².